The lowest BCUT2D eigenvalue weighted by Gasteiger charge is -1.87. The molecular weight excluding hydrogens is 114 g/mol. The first-order valence-corrected chi connectivity index (χ1v) is 2.35. The minimum atomic E-state index is -0.154. The molecule has 0 saturated heterocycles. The fraction of sp³-hybridized carbons (Fsp3) is 0. The number of nitrogens with zero attached hydrogens (tertiary/aromatic N) is 1. The molecule has 0 saturated carbocycles. The first kappa shape index (κ1) is 3.52. The standard InChI is InChI=1S/C7H5NO/c8-5-6-1-3-7(9)4-2-6/h1-4,9H/i1D,2D. The molecule has 0 spiro atoms. The molecule has 44 valence electrons. The topological polar surface area (TPSA) is 44.0 Å². The van der Waals surface area contributed by atoms with E-state index >= 15 is 0 Å². The highest BCUT2D eigenvalue weighted by Crippen LogP contribution is 2.07. The number of phenols is 1. The van der Waals surface area contributed by atoms with Crippen molar-refractivity contribution < 1.29 is 7.85 Å². The molecule has 0 heterocycles. The first-order chi connectivity index (χ1) is 5.15. The third kappa shape index (κ3) is 1.20. The van der Waals surface area contributed by atoms with Gasteiger partial charge in [0.05, 0.1) is 14.4 Å². The third-order valence-electron chi connectivity index (χ3n) is 0.841. The van der Waals surface area contributed by atoms with Crippen LogP contribution < -0.4 is 0 Å². The van der Waals surface area contributed by atoms with E-state index in [9.17, 15) is 0 Å². The molecule has 0 radical (unpaired) electrons. The second kappa shape index (κ2) is 2.19. The molecule has 0 fully saturated rings. The molecule has 0 unspecified atom stereocenters. The van der Waals surface area contributed by atoms with Crippen LogP contribution >= 0.6 is 0 Å². The van der Waals surface area contributed by atoms with Gasteiger partial charge in [0, 0.05) is 0 Å². The second-order valence-electron chi connectivity index (χ2n) is 1.49. The number of aromatic hydroxyl groups is 1. The van der Waals surface area contributed by atoms with Crippen molar-refractivity contribution in [1.29, 1.82) is 5.26 Å². The van der Waals surface area contributed by atoms with E-state index in [-0.39, 0.29) is 23.4 Å². The van der Waals surface area contributed by atoms with Gasteiger partial charge in [-0.1, -0.05) is 0 Å². The van der Waals surface area contributed by atoms with Crippen LogP contribution in [-0.4, -0.2) is 5.11 Å². The Hall–Kier alpha value is -1.49. The molecule has 0 atom stereocenters. The van der Waals surface area contributed by atoms with E-state index in [2.05, 4.69) is 0 Å². The Morgan fingerprint density at radius 1 is 1.56 bits per heavy atom. The van der Waals surface area contributed by atoms with Crippen molar-refractivity contribution in [3.63, 3.8) is 0 Å². The summed E-state index contributed by atoms with van der Waals surface area (Å²) in [6.07, 6.45) is 0. The van der Waals surface area contributed by atoms with Crippen LogP contribution in [0.1, 0.15) is 8.30 Å². The average Bonchev–Trinajstić information content (AvgIpc) is 1.85. The number of nitriles is 1. The highest BCUT2D eigenvalue weighted by atomic mass is 16.3. The Balaban J connectivity index is 3.40. The molecule has 1 N–H and O–H groups in total. The van der Waals surface area contributed by atoms with Crippen molar-refractivity contribution in [3.8, 4) is 11.8 Å². The van der Waals surface area contributed by atoms with Crippen molar-refractivity contribution in [1.82, 2.24) is 0 Å². The molecule has 1 aromatic rings. The van der Waals surface area contributed by atoms with Crippen LogP contribution in [0.15, 0.2) is 24.2 Å². The average molecular weight is 121 g/mol. The van der Waals surface area contributed by atoms with Gasteiger partial charge in [-0.05, 0) is 24.2 Å². The Labute approximate surface area is 55.8 Å². The second-order valence-corrected chi connectivity index (χ2v) is 1.49. The maximum atomic E-state index is 8.86. The largest absolute Gasteiger partial charge is 0.508 e. The van der Waals surface area contributed by atoms with Gasteiger partial charge in [0.25, 0.3) is 0 Å². The molecular formula is C7H5NO. The zero-order chi connectivity index (χ0) is 8.43. The lowest BCUT2D eigenvalue weighted by molar-refractivity contribution is 0.475. The van der Waals surface area contributed by atoms with Crippen LogP contribution in [0.2, 0.25) is 0 Å². The molecule has 1 rings (SSSR count). The summed E-state index contributed by atoms with van der Waals surface area (Å²) in [7, 11) is 0. The summed E-state index contributed by atoms with van der Waals surface area (Å²) in [5.41, 5.74) is -0.0113. The summed E-state index contributed by atoms with van der Waals surface area (Å²) in [6, 6.07) is 3.75. The molecule has 9 heavy (non-hydrogen) atoms. The summed E-state index contributed by atoms with van der Waals surface area (Å²) in [5, 5.41) is 17.3. The fourth-order valence-electron chi connectivity index (χ4n) is 0.440. The lowest BCUT2D eigenvalue weighted by Crippen LogP contribution is -1.69. The quantitative estimate of drug-likeness (QED) is 0.561. The van der Waals surface area contributed by atoms with Gasteiger partial charge < -0.3 is 5.11 Å². The van der Waals surface area contributed by atoms with E-state index in [1.165, 1.54) is 0 Å². The van der Waals surface area contributed by atoms with Crippen molar-refractivity contribution in [3.05, 3.63) is 29.8 Å². The van der Waals surface area contributed by atoms with E-state index in [4.69, 9.17) is 13.1 Å². The van der Waals surface area contributed by atoms with Crippen LogP contribution in [0.4, 0.5) is 0 Å². The summed E-state index contributed by atoms with van der Waals surface area (Å²) in [4.78, 5) is 0. The fourth-order valence-corrected chi connectivity index (χ4v) is 0.440. The third-order valence-corrected chi connectivity index (χ3v) is 0.841. The Morgan fingerprint density at radius 2 is 2.11 bits per heavy atom. The van der Waals surface area contributed by atoms with Gasteiger partial charge in [0.15, 0.2) is 0 Å². The molecule has 2 heteroatoms. The van der Waals surface area contributed by atoms with E-state index in [0.29, 0.717) is 0 Å². The van der Waals surface area contributed by atoms with E-state index in [0.717, 1.165) is 12.1 Å². The smallest absolute Gasteiger partial charge is 0.115 e. The van der Waals surface area contributed by atoms with Crippen LogP contribution in [0.25, 0.3) is 0 Å². The predicted octanol–water partition coefficient (Wildman–Crippen LogP) is 1.26. The van der Waals surface area contributed by atoms with Gasteiger partial charge in [-0.25, -0.2) is 0 Å². The van der Waals surface area contributed by atoms with Gasteiger partial charge in [0.1, 0.15) is 5.75 Å². The number of rotatable bonds is 0. The van der Waals surface area contributed by atoms with Crippen molar-refractivity contribution in [2.24, 2.45) is 0 Å². The first-order valence-electron chi connectivity index (χ1n) is 3.35. The summed E-state index contributed by atoms with van der Waals surface area (Å²) in [6.45, 7) is 0. The van der Waals surface area contributed by atoms with E-state index in [1.54, 1.807) is 6.07 Å². The molecule has 0 bridgehead atoms. The minimum Gasteiger partial charge on any atom is -0.508 e. The van der Waals surface area contributed by atoms with Crippen LogP contribution in [-0.2, 0) is 0 Å². The Bertz CT molecular complexity index is 307. The molecule has 1 aromatic carbocycles. The molecule has 0 aromatic heterocycles. The Morgan fingerprint density at radius 3 is 2.56 bits per heavy atom. The maximum absolute atomic E-state index is 8.86. The summed E-state index contributed by atoms with van der Waals surface area (Å²) in [5.74, 6) is -0.154. The normalized spacial score (nSPS) is 11.4. The van der Waals surface area contributed by atoms with Gasteiger partial charge >= 0.3 is 0 Å². The van der Waals surface area contributed by atoms with Crippen molar-refractivity contribution in [2.45, 2.75) is 0 Å². The van der Waals surface area contributed by atoms with Crippen LogP contribution in [0.5, 0.6) is 5.75 Å². The minimum absolute atomic E-state index is 0.0113. The highest BCUT2D eigenvalue weighted by Gasteiger charge is 1.86. The monoisotopic (exact) mass is 121 g/mol. The van der Waals surface area contributed by atoms with Crippen LogP contribution in [0, 0.1) is 11.3 Å². The molecule has 0 aliphatic heterocycles. The van der Waals surface area contributed by atoms with Gasteiger partial charge in [0.2, 0.25) is 0 Å². The SMILES string of the molecule is [2H]c1cc(O)cc([2H])c1C#N. The van der Waals surface area contributed by atoms with Crippen molar-refractivity contribution in [2.75, 3.05) is 0 Å². The summed E-state index contributed by atoms with van der Waals surface area (Å²) < 4.78 is 14.3. The molecule has 0 aliphatic rings. The zero-order valence-corrected chi connectivity index (χ0v) is 4.55. The highest BCUT2D eigenvalue weighted by molar-refractivity contribution is 5.33. The number of phenolic OH excluding ortho intramolecular Hbond substituents is 1. The van der Waals surface area contributed by atoms with E-state index < -0.39 is 0 Å². The van der Waals surface area contributed by atoms with Gasteiger partial charge in [-0.2, -0.15) is 5.26 Å². The molecule has 2 nitrogen and oxygen atoms in total. The zero-order valence-electron chi connectivity index (χ0n) is 6.55. The number of benzene rings is 1. The van der Waals surface area contributed by atoms with Crippen LogP contribution in [0.3, 0.4) is 0 Å². The number of hydrogen-bond acceptors (Lipinski definition) is 2. The number of hydrogen-bond donors (Lipinski definition) is 1. The molecule has 0 aliphatic carbocycles. The van der Waals surface area contributed by atoms with Crippen molar-refractivity contribution >= 4 is 0 Å². The molecule has 0 amide bonds. The predicted molar refractivity (Wildman–Crippen MR) is 32.8 cm³/mol. The van der Waals surface area contributed by atoms with E-state index in [1.807, 2.05) is 0 Å². The maximum Gasteiger partial charge on any atom is 0.115 e. The van der Waals surface area contributed by atoms with Gasteiger partial charge in [-0.15, -0.1) is 0 Å². The Kier molecular flexibility index (Phi) is 0.855. The lowest BCUT2D eigenvalue weighted by atomic mass is 10.2. The summed E-state index contributed by atoms with van der Waals surface area (Å²) >= 11 is 0. The van der Waals surface area contributed by atoms with Gasteiger partial charge in [-0.3, -0.25) is 0 Å².